The van der Waals surface area contributed by atoms with E-state index in [9.17, 15) is 9.90 Å². The lowest BCUT2D eigenvalue weighted by molar-refractivity contribution is 0.0662. The van der Waals surface area contributed by atoms with Gasteiger partial charge in [0.1, 0.15) is 0 Å². The summed E-state index contributed by atoms with van der Waals surface area (Å²) in [7, 11) is 0. The number of carbonyl (C=O) groups is 1. The molecular formula is C20H27N3O2. The van der Waals surface area contributed by atoms with Crippen LogP contribution in [0.4, 0.5) is 0 Å². The molecule has 5 heteroatoms. The van der Waals surface area contributed by atoms with E-state index >= 15 is 0 Å². The van der Waals surface area contributed by atoms with Gasteiger partial charge in [-0.2, -0.15) is 0 Å². The number of Topliss-reactive ketones (excluding diaryl/α,β-unsaturated/α-hetero) is 1. The minimum absolute atomic E-state index is 0.180. The third kappa shape index (κ3) is 4.57. The van der Waals surface area contributed by atoms with Crippen LogP contribution in [0.15, 0.2) is 36.4 Å². The van der Waals surface area contributed by atoms with Crippen molar-refractivity contribution in [3.05, 3.63) is 58.9 Å². The predicted octanol–water partition coefficient (Wildman–Crippen LogP) is 2.17. The fourth-order valence-corrected chi connectivity index (χ4v) is 3.46. The van der Waals surface area contributed by atoms with Crippen molar-refractivity contribution in [1.82, 2.24) is 14.8 Å². The molecule has 0 amide bonds. The molecule has 3 rings (SSSR count). The molecule has 0 radical (unpaired) electrons. The molecule has 0 bridgehead atoms. The number of aromatic amines is 1. The number of hydrogen-bond donors (Lipinski definition) is 2. The molecule has 0 spiro atoms. The third-order valence-electron chi connectivity index (χ3n) is 4.90. The Morgan fingerprint density at radius 3 is 2.36 bits per heavy atom. The van der Waals surface area contributed by atoms with Gasteiger partial charge >= 0.3 is 0 Å². The highest BCUT2D eigenvalue weighted by atomic mass is 16.3. The summed E-state index contributed by atoms with van der Waals surface area (Å²) in [6, 6.07) is 11.7. The highest BCUT2D eigenvalue weighted by molar-refractivity contribution is 5.98. The van der Waals surface area contributed by atoms with E-state index in [1.807, 2.05) is 50.2 Å². The van der Waals surface area contributed by atoms with E-state index in [0.717, 1.165) is 48.7 Å². The number of benzene rings is 1. The van der Waals surface area contributed by atoms with Gasteiger partial charge in [-0.1, -0.05) is 30.3 Å². The Morgan fingerprint density at radius 1 is 1.12 bits per heavy atom. The number of nitrogens with one attached hydrogen (secondary N) is 1. The maximum Gasteiger partial charge on any atom is 0.178 e. The summed E-state index contributed by atoms with van der Waals surface area (Å²) in [5.74, 6) is 0.180. The van der Waals surface area contributed by atoms with Crippen molar-refractivity contribution in [3.63, 3.8) is 0 Å². The monoisotopic (exact) mass is 341 g/mol. The Hall–Kier alpha value is -1.95. The number of aryl methyl sites for hydroxylation is 2. The molecule has 1 unspecified atom stereocenters. The Kier molecular flexibility index (Phi) is 5.68. The SMILES string of the molecule is Cc1cc(C(=O)CN2CCN(CC(O)c3ccccc3)CC2)c(C)[nH]1. The van der Waals surface area contributed by atoms with E-state index < -0.39 is 6.10 Å². The largest absolute Gasteiger partial charge is 0.387 e. The summed E-state index contributed by atoms with van der Waals surface area (Å²) in [6.45, 7) is 8.49. The van der Waals surface area contributed by atoms with Crippen molar-refractivity contribution in [2.45, 2.75) is 20.0 Å². The molecule has 5 nitrogen and oxygen atoms in total. The number of aliphatic hydroxyl groups excluding tert-OH is 1. The van der Waals surface area contributed by atoms with Crippen LogP contribution in [-0.2, 0) is 0 Å². The number of rotatable bonds is 6. The molecule has 2 heterocycles. The van der Waals surface area contributed by atoms with E-state index in [-0.39, 0.29) is 5.78 Å². The number of aliphatic hydroxyl groups is 1. The molecule has 25 heavy (non-hydrogen) atoms. The van der Waals surface area contributed by atoms with E-state index in [2.05, 4.69) is 14.8 Å². The first-order chi connectivity index (χ1) is 12.0. The van der Waals surface area contributed by atoms with Crippen molar-refractivity contribution in [2.24, 2.45) is 0 Å². The summed E-state index contributed by atoms with van der Waals surface area (Å²) in [4.78, 5) is 20.1. The van der Waals surface area contributed by atoms with Crippen LogP contribution < -0.4 is 0 Å². The Balaban J connectivity index is 1.47. The zero-order valence-electron chi connectivity index (χ0n) is 15.0. The number of piperazine rings is 1. The second kappa shape index (κ2) is 7.95. The molecule has 1 fully saturated rings. The first kappa shape index (κ1) is 17.9. The van der Waals surface area contributed by atoms with Gasteiger partial charge in [-0.15, -0.1) is 0 Å². The Bertz CT molecular complexity index is 703. The van der Waals surface area contributed by atoms with E-state index in [1.54, 1.807) is 0 Å². The summed E-state index contributed by atoms with van der Waals surface area (Å²) >= 11 is 0. The molecule has 134 valence electrons. The van der Waals surface area contributed by atoms with Crippen molar-refractivity contribution in [3.8, 4) is 0 Å². The molecule has 1 atom stereocenters. The Labute approximate surface area is 149 Å². The maximum atomic E-state index is 12.5. The van der Waals surface area contributed by atoms with Crippen LogP contribution in [0, 0.1) is 13.8 Å². The lowest BCUT2D eigenvalue weighted by Crippen LogP contribution is -2.48. The van der Waals surface area contributed by atoms with Crippen molar-refractivity contribution in [2.75, 3.05) is 39.3 Å². The van der Waals surface area contributed by atoms with Gasteiger partial charge in [-0.25, -0.2) is 0 Å². The summed E-state index contributed by atoms with van der Waals surface area (Å²) in [6.07, 6.45) is -0.458. The lowest BCUT2D eigenvalue weighted by atomic mass is 10.1. The molecule has 1 aromatic carbocycles. The molecule has 1 aromatic heterocycles. The van der Waals surface area contributed by atoms with Crippen LogP contribution in [0.2, 0.25) is 0 Å². The fourth-order valence-electron chi connectivity index (χ4n) is 3.46. The Morgan fingerprint density at radius 2 is 1.76 bits per heavy atom. The van der Waals surface area contributed by atoms with Crippen LogP contribution in [-0.4, -0.2) is 64.9 Å². The lowest BCUT2D eigenvalue weighted by Gasteiger charge is -2.35. The van der Waals surface area contributed by atoms with Crippen LogP contribution in [0.5, 0.6) is 0 Å². The zero-order chi connectivity index (χ0) is 17.8. The minimum Gasteiger partial charge on any atom is -0.387 e. The number of H-pyrrole nitrogens is 1. The van der Waals surface area contributed by atoms with Gasteiger partial charge in [-0.3, -0.25) is 14.6 Å². The van der Waals surface area contributed by atoms with E-state index in [0.29, 0.717) is 13.1 Å². The van der Waals surface area contributed by atoms with Gasteiger partial charge in [0.15, 0.2) is 5.78 Å². The molecule has 2 N–H and O–H groups in total. The van der Waals surface area contributed by atoms with Crippen LogP contribution in [0.3, 0.4) is 0 Å². The van der Waals surface area contributed by atoms with Gasteiger partial charge in [0.05, 0.1) is 12.6 Å². The quantitative estimate of drug-likeness (QED) is 0.791. The van der Waals surface area contributed by atoms with Crippen LogP contribution >= 0.6 is 0 Å². The summed E-state index contributed by atoms with van der Waals surface area (Å²) in [5, 5.41) is 10.4. The number of aromatic nitrogens is 1. The van der Waals surface area contributed by atoms with Gasteiger partial charge in [0, 0.05) is 49.7 Å². The summed E-state index contributed by atoms with van der Waals surface area (Å²) < 4.78 is 0. The first-order valence-corrected chi connectivity index (χ1v) is 8.90. The van der Waals surface area contributed by atoms with Crippen molar-refractivity contribution >= 4 is 5.78 Å². The normalized spacial score (nSPS) is 17.6. The van der Waals surface area contributed by atoms with E-state index in [1.165, 1.54) is 0 Å². The van der Waals surface area contributed by atoms with Crippen molar-refractivity contribution < 1.29 is 9.90 Å². The van der Waals surface area contributed by atoms with Crippen LogP contribution in [0.1, 0.15) is 33.4 Å². The second-order valence-electron chi connectivity index (χ2n) is 6.92. The number of nitrogens with zero attached hydrogens (tertiary/aromatic N) is 2. The number of hydrogen-bond acceptors (Lipinski definition) is 4. The second-order valence-corrected chi connectivity index (χ2v) is 6.92. The average Bonchev–Trinajstić information content (AvgIpc) is 2.96. The summed E-state index contributed by atoms with van der Waals surface area (Å²) in [5.41, 5.74) is 3.74. The van der Waals surface area contributed by atoms with Gasteiger partial charge in [0.25, 0.3) is 0 Å². The fraction of sp³-hybridized carbons (Fsp3) is 0.450. The number of ketones is 1. The topological polar surface area (TPSA) is 59.6 Å². The molecule has 2 aromatic rings. The zero-order valence-corrected chi connectivity index (χ0v) is 15.0. The molecule has 0 aliphatic carbocycles. The van der Waals surface area contributed by atoms with E-state index in [4.69, 9.17) is 0 Å². The van der Waals surface area contributed by atoms with Gasteiger partial charge in [-0.05, 0) is 25.5 Å². The molecular weight excluding hydrogens is 314 g/mol. The predicted molar refractivity (Wildman–Crippen MR) is 98.9 cm³/mol. The molecule has 0 saturated carbocycles. The maximum absolute atomic E-state index is 12.5. The number of β-amino-alcohol motifs (C(OH)–C–C–N with tert-alkyl or cyclic N) is 1. The molecule has 1 aliphatic rings. The third-order valence-corrected chi connectivity index (χ3v) is 4.90. The first-order valence-electron chi connectivity index (χ1n) is 8.90. The number of carbonyl (C=O) groups excluding carboxylic acids is 1. The smallest absolute Gasteiger partial charge is 0.178 e. The van der Waals surface area contributed by atoms with Crippen LogP contribution in [0.25, 0.3) is 0 Å². The van der Waals surface area contributed by atoms with Gasteiger partial charge < -0.3 is 10.1 Å². The standard InChI is InChI=1S/C20H27N3O2/c1-15-12-18(16(2)21-15)20(25)14-23-10-8-22(9-11-23)13-19(24)17-6-4-3-5-7-17/h3-7,12,19,21,24H,8-11,13-14H2,1-2H3. The average molecular weight is 341 g/mol. The molecule has 1 saturated heterocycles. The molecule has 1 aliphatic heterocycles. The highest BCUT2D eigenvalue weighted by Crippen LogP contribution is 2.16. The van der Waals surface area contributed by atoms with Crippen molar-refractivity contribution in [1.29, 1.82) is 0 Å². The van der Waals surface area contributed by atoms with Gasteiger partial charge in [0.2, 0.25) is 0 Å². The minimum atomic E-state index is -0.458. The highest BCUT2D eigenvalue weighted by Gasteiger charge is 2.22.